The van der Waals surface area contributed by atoms with E-state index in [0.717, 1.165) is 76.7 Å². The van der Waals surface area contributed by atoms with E-state index in [1.165, 1.54) is 36.9 Å². The van der Waals surface area contributed by atoms with Crippen LogP contribution in [0.5, 0.6) is 11.5 Å². The van der Waals surface area contributed by atoms with Crippen molar-refractivity contribution >= 4 is 5.91 Å². The zero-order valence-electron chi connectivity index (χ0n) is 21.1. The predicted molar refractivity (Wildman–Crippen MR) is 132 cm³/mol. The van der Waals surface area contributed by atoms with Crippen LogP contribution in [0.1, 0.15) is 49.7 Å². The summed E-state index contributed by atoms with van der Waals surface area (Å²) < 4.78 is 12.3. The summed E-state index contributed by atoms with van der Waals surface area (Å²) in [5.41, 5.74) is 3.11. The summed E-state index contributed by atoms with van der Waals surface area (Å²) in [4.78, 5) is 21.2. The number of piperidine rings is 1. The van der Waals surface area contributed by atoms with Gasteiger partial charge in [0.1, 0.15) is 6.10 Å². The van der Waals surface area contributed by atoms with Crippen molar-refractivity contribution in [3.63, 3.8) is 0 Å². The van der Waals surface area contributed by atoms with Gasteiger partial charge in [0.15, 0.2) is 11.5 Å². The van der Waals surface area contributed by atoms with Crippen molar-refractivity contribution in [1.29, 1.82) is 0 Å². The highest BCUT2D eigenvalue weighted by Gasteiger charge is 2.74. The van der Waals surface area contributed by atoms with Gasteiger partial charge in [-0.3, -0.25) is 14.6 Å². The molecule has 6 aliphatic heterocycles. The minimum Gasteiger partial charge on any atom is -0.504 e. The maximum atomic E-state index is 13.8. The van der Waals surface area contributed by atoms with Crippen LogP contribution in [0, 0.1) is 16.7 Å². The first-order valence-electron chi connectivity index (χ1n) is 14.4. The van der Waals surface area contributed by atoms with Crippen molar-refractivity contribution in [2.45, 2.75) is 68.5 Å². The molecule has 2 saturated carbocycles. The minimum absolute atomic E-state index is 0.0339. The average Bonchev–Trinajstić information content (AvgIpc) is 3.60. The standard InChI is InChI=1S/C29H37N3O4/c33-21-4-3-19-11-22-28-6-5-20(32(10-7-28)23(34)13-30-14-27(15-30)16-35-17-27)26-29(28,24(19)25(21)36-26)8-9-31(22)12-18-1-2-18/h3-4,18,20,22,26,33H,1-2,5-17H2/t20-,22-,26+,28-,29+/m1/s1. The molecule has 0 radical (unpaired) electrons. The molecule has 1 N–H and O–H groups in total. The van der Waals surface area contributed by atoms with Gasteiger partial charge >= 0.3 is 0 Å². The fourth-order valence-electron chi connectivity index (χ4n) is 10.2. The van der Waals surface area contributed by atoms with Gasteiger partial charge in [-0.2, -0.15) is 0 Å². The SMILES string of the molecule is O=C(CN1CC2(COC2)C1)N1CC[C@@]23CC[C@@H]1[C@@H]1Oc4c(O)ccc5c4[C@@]12CCN(CC1CC1)[C@@H]3C5. The molecule has 5 atom stereocenters. The number of phenolic OH excluding ortho intramolecular Hbond substituents is 1. The van der Waals surface area contributed by atoms with E-state index in [1.807, 2.05) is 6.07 Å². The molecule has 1 aromatic rings. The molecule has 1 amide bonds. The molecule has 6 heterocycles. The summed E-state index contributed by atoms with van der Waals surface area (Å²) >= 11 is 0. The molecule has 1 aromatic carbocycles. The van der Waals surface area contributed by atoms with Gasteiger partial charge in [0.05, 0.1) is 25.8 Å². The Morgan fingerprint density at radius 3 is 2.72 bits per heavy atom. The number of carbonyl (C=O) groups is 1. The van der Waals surface area contributed by atoms with Gasteiger partial charge < -0.3 is 19.5 Å². The number of aromatic hydroxyl groups is 1. The molecule has 5 saturated heterocycles. The van der Waals surface area contributed by atoms with Gasteiger partial charge in [-0.15, -0.1) is 0 Å². The molecule has 0 aromatic heterocycles. The van der Waals surface area contributed by atoms with Crippen molar-refractivity contribution in [3.05, 3.63) is 23.3 Å². The van der Waals surface area contributed by atoms with Gasteiger partial charge in [0.25, 0.3) is 0 Å². The summed E-state index contributed by atoms with van der Waals surface area (Å²) in [6, 6.07) is 4.64. The van der Waals surface area contributed by atoms with E-state index in [0.29, 0.717) is 18.0 Å². The molecule has 7 nitrogen and oxygen atoms in total. The Labute approximate surface area is 212 Å². The van der Waals surface area contributed by atoms with E-state index < -0.39 is 0 Å². The topological polar surface area (TPSA) is 65.5 Å². The maximum Gasteiger partial charge on any atom is 0.237 e. The third kappa shape index (κ3) is 2.44. The number of hydrogen-bond acceptors (Lipinski definition) is 6. The van der Waals surface area contributed by atoms with Crippen LogP contribution in [0.2, 0.25) is 0 Å². The summed E-state index contributed by atoms with van der Waals surface area (Å²) in [5.74, 6) is 2.18. The number of rotatable bonds is 4. The van der Waals surface area contributed by atoms with Crippen LogP contribution < -0.4 is 4.74 Å². The van der Waals surface area contributed by atoms with Gasteiger partial charge in [0, 0.05) is 54.0 Å². The second kappa shape index (κ2) is 6.78. The summed E-state index contributed by atoms with van der Waals surface area (Å²) in [6.45, 7) is 7.42. The van der Waals surface area contributed by atoms with Gasteiger partial charge in [-0.1, -0.05) is 6.07 Å². The number of ether oxygens (including phenoxy) is 2. The third-order valence-corrected chi connectivity index (χ3v) is 11.8. The van der Waals surface area contributed by atoms with E-state index in [9.17, 15) is 9.90 Å². The van der Waals surface area contributed by atoms with Crippen molar-refractivity contribution in [2.24, 2.45) is 16.7 Å². The van der Waals surface area contributed by atoms with E-state index in [-0.39, 0.29) is 34.6 Å². The number of hydrogen-bond donors (Lipinski definition) is 1. The van der Waals surface area contributed by atoms with Crippen LogP contribution in [0.15, 0.2) is 12.1 Å². The Morgan fingerprint density at radius 2 is 1.94 bits per heavy atom. The molecule has 36 heavy (non-hydrogen) atoms. The Balaban J connectivity index is 1.10. The number of carbonyl (C=O) groups excluding carboxylic acids is 1. The van der Waals surface area contributed by atoms with Gasteiger partial charge in [0.2, 0.25) is 5.91 Å². The molecule has 4 bridgehead atoms. The lowest BCUT2D eigenvalue weighted by atomic mass is 9.42. The van der Waals surface area contributed by atoms with E-state index in [2.05, 4.69) is 20.8 Å². The van der Waals surface area contributed by atoms with Gasteiger partial charge in [-0.25, -0.2) is 0 Å². The smallest absolute Gasteiger partial charge is 0.237 e. The number of fused-ring (bicyclic) bond motifs is 3. The highest BCUT2D eigenvalue weighted by molar-refractivity contribution is 5.79. The zero-order valence-corrected chi connectivity index (χ0v) is 21.1. The average molecular weight is 492 g/mol. The second-order valence-electron chi connectivity index (χ2n) is 13.6. The molecule has 192 valence electrons. The first-order valence-corrected chi connectivity index (χ1v) is 14.4. The monoisotopic (exact) mass is 491 g/mol. The fraction of sp³-hybridized carbons (Fsp3) is 0.759. The van der Waals surface area contributed by atoms with Crippen LogP contribution >= 0.6 is 0 Å². The van der Waals surface area contributed by atoms with E-state index in [1.54, 1.807) is 0 Å². The number of phenols is 1. The Kier molecular flexibility index (Phi) is 3.98. The number of benzene rings is 1. The molecular weight excluding hydrogens is 454 g/mol. The normalized spacial score (nSPS) is 41.3. The highest BCUT2D eigenvalue weighted by Crippen LogP contribution is 2.71. The molecular formula is C29H37N3O4. The number of amides is 1. The van der Waals surface area contributed by atoms with Crippen molar-refractivity contribution < 1.29 is 19.4 Å². The lowest BCUT2D eigenvalue weighted by molar-refractivity contribution is -0.191. The van der Waals surface area contributed by atoms with Crippen LogP contribution in [-0.2, 0) is 21.4 Å². The zero-order chi connectivity index (χ0) is 23.9. The van der Waals surface area contributed by atoms with E-state index >= 15 is 0 Å². The van der Waals surface area contributed by atoms with Crippen LogP contribution in [-0.4, -0.2) is 96.4 Å². The first kappa shape index (κ1) is 21.1. The summed E-state index contributed by atoms with van der Waals surface area (Å²) in [7, 11) is 0. The quantitative estimate of drug-likeness (QED) is 0.697. The molecule has 9 aliphatic rings. The Morgan fingerprint density at radius 1 is 1.08 bits per heavy atom. The molecule has 7 fully saturated rings. The minimum atomic E-state index is -0.0681. The number of likely N-dealkylation sites (tertiary alicyclic amines) is 2. The van der Waals surface area contributed by atoms with Crippen LogP contribution in [0.25, 0.3) is 0 Å². The van der Waals surface area contributed by atoms with Crippen LogP contribution in [0.3, 0.4) is 0 Å². The van der Waals surface area contributed by atoms with E-state index in [4.69, 9.17) is 9.47 Å². The Bertz CT molecular complexity index is 1160. The maximum absolute atomic E-state index is 13.8. The molecule has 3 spiro atoms. The lowest BCUT2D eigenvalue weighted by Gasteiger charge is -2.66. The molecule has 0 unspecified atom stereocenters. The molecule has 3 aliphatic carbocycles. The molecule has 10 rings (SSSR count). The summed E-state index contributed by atoms with van der Waals surface area (Å²) in [6.07, 6.45) is 8.15. The second-order valence-corrected chi connectivity index (χ2v) is 13.6. The van der Waals surface area contributed by atoms with Crippen molar-refractivity contribution in [2.75, 3.05) is 52.5 Å². The third-order valence-electron chi connectivity index (χ3n) is 11.8. The van der Waals surface area contributed by atoms with Crippen molar-refractivity contribution in [3.8, 4) is 11.5 Å². The highest BCUT2D eigenvalue weighted by atomic mass is 16.5. The lowest BCUT2D eigenvalue weighted by Crippen LogP contribution is -2.73. The first-order chi connectivity index (χ1) is 17.5. The summed E-state index contributed by atoms with van der Waals surface area (Å²) in [5, 5.41) is 10.9. The van der Waals surface area contributed by atoms with Crippen molar-refractivity contribution in [1.82, 2.24) is 14.7 Å². The fourth-order valence-corrected chi connectivity index (χ4v) is 10.2. The Hall–Kier alpha value is -1.83. The van der Waals surface area contributed by atoms with Gasteiger partial charge in [-0.05, 0) is 69.0 Å². The van der Waals surface area contributed by atoms with Crippen LogP contribution in [0.4, 0.5) is 0 Å². The predicted octanol–water partition coefficient (Wildman–Crippen LogP) is 2.14. The largest absolute Gasteiger partial charge is 0.504 e. The number of nitrogens with zero attached hydrogens (tertiary/aromatic N) is 3. The molecule has 7 heteroatoms.